The van der Waals surface area contributed by atoms with Crippen LogP contribution in [-0.4, -0.2) is 23.3 Å². The Morgan fingerprint density at radius 2 is 1.92 bits per heavy atom. The highest BCUT2D eigenvalue weighted by Gasteiger charge is 2.13. The molecule has 0 radical (unpaired) electrons. The van der Waals surface area contributed by atoms with Gasteiger partial charge in [0.15, 0.2) is 0 Å². The maximum atomic E-state index is 13.3. The molecule has 0 saturated carbocycles. The van der Waals surface area contributed by atoms with Crippen LogP contribution in [0.3, 0.4) is 0 Å². The van der Waals surface area contributed by atoms with E-state index in [1.165, 1.54) is 12.1 Å². The summed E-state index contributed by atoms with van der Waals surface area (Å²) in [5.41, 5.74) is 1.43. The molecule has 0 saturated heterocycles. The Morgan fingerprint density at radius 1 is 1.12 bits per heavy atom. The second-order valence-corrected chi connectivity index (χ2v) is 6.40. The number of carbonyl (C=O) groups is 2. The Hall–Kier alpha value is -2.55. The second kappa shape index (κ2) is 7.56. The third-order valence-corrected chi connectivity index (χ3v) is 4.43. The van der Waals surface area contributed by atoms with E-state index in [4.69, 9.17) is 0 Å². The zero-order valence-electron chi connectivity index (χ0n) is 12.9. The van der Waals surface area contributed by atoms with Crippen molar-refractivity contribution >= 4 is 51.0 Å². The molecule has 0 aliphatic rings. The number of pyridine rings is 1. The highest BCUT2D eigenvalue weighted by Crippen LogP contribution is 2.20. The summed E-state index contributed by atoms with van der Waals surface area (Å²) < 4.78 is 13.9. The smallest absolute Gasteiger partial charge is 0.252 e. The summed E-state index contributed by atoms with van der Waals surface area (Å²) in [4.78, 5) is 28.5. The van der Waals surface area contributed by atoms with Crippen LogP contribution in [0.5, 0.6) is 0 Å². The zero-order chi connectivity index (χ0) is 17.8. The monoisotopic (exact) mass is 449 g/mol. The van der Waals surface area contributed by atoms with Gasteiger partial charge in [0.05, 0.1) is 23.3 Å². The van der Waals surface area contributed by atoms with Crippen molar-refractivity contribution in [3.05, 3.63) is 69.7 Å². The number of anilines is 1. The highest BCUT2D eigenvalue weighted by molar-refractivity contribution is 14.1. The summed E-state index contributed by atoms with van der Waals surface area (Å²) in [7, 11) is 0. The van der Waals surface area contributed by atoms with Gasteiger partial charge < -0.3 is 10.6 Å². The average Bonchev–Trinajstić information content (AvgIpc) is 2.62. The van der Waals surface area contributed by atoms with Crippen LogP contribution in [-0.2, 0) is 4.79 Å². The van der Waals surface area contributed by atoms with Gasteiger partial charge in [0.25, 0.3) is 5.91 Å². The van der Waals surface area contributed by atoms with E-state index < -0.39 is 17.6 Å². The summed E-state index contributed by atoms with van der Waals surface area (Å²) in [5, 5.41) is 6.12. The van der Waals surface area contributed by atoms with Gasteiger partial charge in [-0.2, -0.15) is 0 Å². The maximum absolute atomic E-state index is 13.3. The molecule has 7 heteroatoms. The molecule has 3 aromatic rings. The van der Waals surface area contributed by atoms with Gasteiger partial charge in [-0.3, -0.25) is 14.6 Å². The fraction of sp³-hybridized carbons (Fsp3) is 0.0556. The van der Waals surface area contributed by atoms with Crippen molar-refractivity contribution in [3.63, 3.8) is 0 Å². The molecule has 0 aliphatic carbocycles. The fourth-order valence-electron chi connectivity index (χ4n) is 2.33. The van der Waals surface area contributed by atoms with E-state index in [0.717, 1.165) is 11.5 Å². The van der Waals surface area contributed by atoms with E-state index in [1.807, 2.05) is 46.9 Å². The number of benzene rings is 2. The van der Waals surface area contributed by atoms with Crippen LogP contribution in [0.4, 0.5) is 10.1 Å². The molecule has 2 aromatic carbocycles. The molecule has 2 amide bonds. The van der Waals surface area contributed by atoms with E-state index in [1.54, 1.807) is 12.3 Å². The lowest BCUT2D eigenvalue weighted by molar-refractivity contribution is -0.115. The van der Waals surface area contributed by atoms with E-state index in [9.17, 15) is 14.0 Å². The first kappa shape index (κ1) is 17.3. The summed E-state index contributed by atoms with van der Waals surface area (Å²) in [6.45, 7) is -0.228. The van der Waals surface area contributed by atoms with Gasteiger partial charge in [0, 0.05) is 15.2 Å². The largest absolute Gasteiger partial charge is 0.343 e. The van der Waals surface area contributed by atoms with Crippen LogP contribution in [0.1, 0.15) is 10.4 Å². The maximum Gasteiger partial charge on any atom is 0.252 e. The minimum absolute atomic E-state index is 0.195. The quantitative estimate of drug-likeness (QED) is 0.601. The predicted molar refractivity (Wildman–Crippen MR) is 102 cm³/mol. The second-order valence-electron chi connectivity index (χ2n) is 5.24. The van der Waals surface area contributed by atoms with E-state index in [-0.39, 0.29) is 12.1 Å². The Labute approximate surface area is 156 Å². The number of hydrogen-bond acceptors (Lipinski definition) is 3. The molecule has 126 valence electrons. The first-order valence-electron chi connectivity index (χ1n) is 7.41. The van der Waals surface area contributed by atoms with Crippen LogP contribution < -0.4 is 10.6 Å². The number of nitrogens with zero attached hydrogens (tertiary/aromatic N) is 1. The lowest BCUT2D eigenvalue weighted by Crippen LogP contribution is -2.33. The van der Waals surface area contributed by atoms with Crippen LogP contribution in [0, 0.1) is 9.39 Å². The molecule has 2 N–H and O–H groups in total. The highest BCUT2D eigenvalue weighted by atomic mass is 127. The van der Waals surface area contributed by atoms with Crippen molar-refractivity contribution in [2.75, 3.05) is 11.9 Å². The first-order valence-corrected chi connectivity index (χ1v) is 8.49. The van der Waals surface area contributed by atoms with Gasteiger partial charge in [0.2, 0.25) is 5.91 Å². The van der Waals surface area contributed by atoms with Crippen molar-refractivity contribution in [1.29, 1.82) is 0 Å². The molecule has 0 atom stereocenters. The fourth-order valence-corrected chi connectivity index (χ4v) is 2.91. The third kappa shape index (κ3) is 4.11. The SMILES string of the molecule is O=C(CNC(=O)c1cc(F)ccc1I)Nc1cccc2cccnc12. The van der Waals surface area contributed by atoms with Gasteiger partial charge >= 0.3 is 0 Å². The standard InChI is InChI=1S/C18H13FIN3O2/c19-12-6-7-14(20)13(9-12)18(25)22-10-16(24)23-15-5-1-3-11-4-2-8-21-17(11)15/h1-9H,10H2,(H,22,25)(H,23,24). The van der Waals surface area contributed by atoms with E-state index in [0.29, 0.717) is 14.8 Å². The normalized spacial score (nSPS) is 10.5. The first-order chi connectivity index (χ1) is 12.0. The number of rotatable bonds is 4. The zero-order valence-corrected chi connectivity index (χ0v) is 15.1. The number of carbonyl (C=O) groups excluding carboxylic acids is 2. The number of halogens is 2. The van der Waals surface area contributed by atoms with Crippen molar-refractivity contribution in [3.8, 4) is 0 Å². The number of nitrogens with one attached hydrogen (secondary N) is 2. The summed E-state index contributed by atoms with van der Waals surface area (Å²) in [5.74, 6) is -1.40. The molecule has 0 bridgehead atoms. The molecular formula is C18H13FIN3O2. The summed E-state index contributed by atoms with van der Waals surface area (Å²) in [6.07, 6.45) is 1.64. The van der Waals surface area contributed by atoms with Crippen molar-refractivity contribution in [2.45, 2.75) is 0 Å². The number of aromatic nitrogens is 1. The topological polar surface area (TPSA) is 71.1 Å². The number of para-hydroxylation sites is 1. The molecule has 1 aromatic heterocycles. The number of hydrogen-bond donors (Lipinski definition) is 2. The average molecular weight is 449 g/mol. The third-order valence-electron chi connectivity index (χ3n) is 3.49. The molecule has 25 heavy (non-hydrogen) atoms. The lowest BCUT2D eigenvalue weighted by Gasteiger charge is -2.09. The Morgan fingerprint density at radius 3 is 2.76 bits per heavy atom. The molecule has 5 nitrogen and oxygen atoms in total. The van der Waals surface area contributed by atoms with Crippen LogP contribution in [0.2, 0.25) is 0 Å². The van der Waals surface area contributed by atoms with Gasteiger partial charge in [0.1, 0.15) is 5.82 Å². The van der Waals surface area contributed by atoms with Crippen LogP contribution >= 0.6 is 22.6 Å². The van der Waals surface area contributed by atoms with Gasteiger partial charge in [-0.25, -0.2) is 4.39 Å². The minimum atomic E-state index is -0.505. The Balaban J connectivity index is 1.66. The number of fused-ring (bicyclic) bond motifs is 1. The Bertz CT molecular complexity index is 957. The molecule has 0 fully saturated rings. The van der Waals surface area contributed by atoms with Crippen molar-refractivity contribution in [1.82, 2.24) is 10.3 Å². The molecular weight excluding hydrogens is 436 g/mol. The van der Waals surface area contributed by atoms with Crippen LogP contribution in [0.25, 0.3) is 10.9 Å². The lowest BCUT2D eigenvalue weighted by atomic mass is 10.2. The molecule has 1 heterocycles. The van der Waals surface area contributed by atoms with Gasteiger partial charge in [-0.05, 0) is 52.9 Å². The van der Waals surface area contributed by atoms with Gasteiger partial charge in [-0.1, -0.05) is 18.2 Å². The summed E-state index contributed by atoms with van der Waals surface area (Å²) >= 11 is 1.94. The van der Waals surface area contributed by atoms with Crippen LogP contribution in [0.15, 0.2) is 54.7 Å². The summed E-state index contributed by atoms with van der Waals surface area (Å²) in [6, 6.07) is 13.1. The molecule has 0 spiro atoms. The Kier molecular flexibility index (Phi) is 5.22. The van der Waals surface area contributed by atoms with Crippen molar-refractivity contribution in [2.24, 2.45) is 0 Å². The van der Waals surface area contributed by atoms with E-state index >= 15 is 0 Å². The molecule has 0 aliphatic heterocycles. The van der Waals surface area contributed by atoms with Crippen molar-refractivity contribution < 1.29 is 14.0 Å². The minimum Gasteiger partial charge on any atom is -0.343 e. The molecule has 0 unspecified atom stereocenters. The van der Waals surface area contributed by atoms with Gasteiger partial charge in [-0.15, -0.1) is 0 Å². The molecule has 3 rings (SSSR count). The number of amides is 2. The van der Waals surface area contributed by atoms with E-state index in [2.05, 4.69) is 15.6 Å². The predicted octanol–water partition coefficient (Wildman–Crippen LogP) is 3.35.